The van der Waals surface area contributed by atoms with Crippen LogP contribution < -0.4 is 5.32 Å². The fraction of sp³-hybridized carbons (Fsp3) is 0.0909. The van der Waals surface area contributed by atoms with Gasteiger partial charge in [0, 0.05) is 11.8 Å². The van der Waals surface area contributed by atoms with Crippen LogP contribution in [0, 0.1) is 6.92 Å². The third-order valence-electron chi connectivity index (χ3n) is 4.37. The van der Waals surface area contributed by atoms with Crippen LogP contribution >= 0.6 is 11.6 Å². The second kappa shape index (κ2) is 8.34. The molecule has 2 N–H and O–H groups in total. The van der Waals surface area contributed by atoms with Crippen LogP contribution in [0.3, 0.4) is 0 Å². The molecule has 8 heteroatoms. The summed E-state index contributed by atoms with van der Waals surface area (Å²) < 4.78 is 5.10. The average Bonchev–Trinajstić information content (AvgIpc) is 3.17. The lowest BCUT2D eigenvalue weighted by Crippen LogP contribution is -2.21. The van der Waals surface area contributed by atoms with E-state index in [0.717, 1.165) is 16.6 Å². The standard InChI is InChI=1S/C22H17ClN4O3/c1-13-2-4-14(5-3-13)21-25-17-8-6-15(10-18(17)26-21)22(29)30-12-20(28)27-19-9-7-16(23)11-24-19/h2-11H,12H2,1H3,(H,25,26)(H,24,27,28). The third kappa shape index (κ3) is 4.47. The normalized spacial score (nSPS) is 10.7. The Kier molecular flexibility index (Phi) is 5.45. The molecule has 2 aromatic carbocycles. The van der Waals surface area contributed by atoms with Crippen molar-refractivity contribution in [1.29, 1.82) is 0 Å². The monoisotopic (exact) mass is 420 g/mol. The maximum atomic E-state index is 12.3. The van der Waals surface area contributed by atoms with Gasteiger partial charge in [-0.05, 0) is 37.3 Å². The predicted octanol–water partition coefficient (Wildman–Crippen LogP) is 4.38. The summed E-state index contributed by atoms with van der Waals surface area (Å²) in [4.78, 5) is 36.0. The molecule has 2 aromatic heterocycles. The summed E-state index contributed by atoms with van der Waals surface area (Å²) in [6, 6.07) is 16.1. The molecular weight excluding hydrogens is 404 g/mol. The summed E-state index contributed by atoms with van der Waals surface area (Å²) in [5, 5.41) is 2.99. The number of H-pyrrole nitrogens is 1. The highest BCUT2D eigenvalue weighted by Gasteiger charge is 2.13. The number of hydrogen-bond acceptors (Lipinski definition) is 5. The van der Waals surface area contributed by atoms with E-state index in [1.54, 1.807) is 30.3 Å². The Morgan fingerprint density at radius 2 is 1.90 bits per heavy atom. The summed E-state index contributed by atoms with van der Waals surface area (Å²) in [5.41, 5.74) is 3.87. The number of aryl methyl sites for hydroxylation is 1. The van der Waals surface area contributed by atoms with Crippen LogP contribution in [0.25, 0.3) is 22.4 Å². The van der Waals surface area contributed by atoms with Crippen LogP contribution in [0.1, 0.15) is 15.9 Å². The Bertz CT molecular complexity index is 1220. The van der Waals surface area contributed by atoms with Crippen molar-refractivity contribution in [3.05, 3.63) is 76.9 Å². The number of amides is 1. The van der Waals surface area contributed by atoms with Crippen LogP contribution in [0.4, 0.5) is 5.82 Å². The molecule has 0 radical (unpaired) electrons. The molecule has 7 nitrogen and oxygen atoms in total. The van der Waals surface area contributed by atoms with Gasteiger partial charge in [-0.2, -0.15) is 0 Å². The molecule has 0 saturated heterocycles. The zero-order valence-corrected chi connectivity index (χ0v) is 16.7. The molecule has 150 valence electrons. The van der Waals surface area contributed by atoms with E-state index in [4.69, 9.17) is 16.3 Å². The fourth-order valence-corrected chi connectivity index (χ4v) is 2.94. The van der Waals surface area contributed by atoms with Crippen LogP contribution in [0.15, 0.2) is 60.8 Å². The van der Waals surface area contributed by atoms with E-state index in [0.29, 0.717) is 27.7 Å². The molecule has 0 spiro atoms. The number of imidazole rings is 1. The molecule has 0 aliphatic carbocycles. The Morgan fingerprint density at radius 3 is 2.63 bits per heavy atom. The van der Waals surface area contributed by atoms with Gasteiger partial charge in [0.2, 0.25) is 0 Å². The van der Waals surface area contributed by atoms with E-state index in [2.05, 4.69) is 20.3 Å². The number of anilines is 1. The van der Waals surface area contributed by atoms with Gasteiger partial charge in [-0.15, -0.1) is 0 Å². The molecule has 0 aliphatic heterocycles. The number of aromatic nitrogens is 3. The molecule has 30 heavy (non-hydrogen) atoms. The van der Waals surface area contributed by atoms with Crippen molar-refractivity contribution in [1.82, 2.24) is 15.0 Å². The number of fused-ring (bicyclic) bond motifs is 1. The van der Waals surface area contributed by atoms with Gasteiger partial charge < -0.3 is 15.0 Å². The summed E-state index contributed by atoms with van der Waals surface area (Å²) in [6.07, 6.45) is 1.41. The summed E-state index contributed by atoms with van der Waals surface area (Å²) in [5.74, 6) is -0.0710. The Hall–Kier alpha value is -3.71. The van der Waals surface area contributed by atoms with Gasteiger partial charge in [0.05, 0.1) is 21.6 Å². The molecule has 0 bridgehead atoms. The van der Waals surface area contributed by atoms with Crippen LogP contribution in [0.5, 0.6) is 0 Å². The molecule has 0 aliphatic rings. The number of benzene rings is 2. The first-order chi connectivity index (χ1) is 14.5. The minimum atomic E-state index is -0.609. The number of rotatable bonds is 5. The largest absolute Gasteiger partial charge is 0.452 e. The molecule has 0 saturated carbocycles. The van der Waals surface area contributed by atoms with Gasteiger partial charge in [0.25, 0.3) is 5.91 Å². The average molecular weight is 421 g/mol. The molecule has 0 atom stereocenters. The molecular formula is C22H17ClN4O3. The topological polar surface area (TPSA) is 97.0 Å². The van der Waals surface area contributed by atoms with Gasteiger partial charge in [0.1, 0.15) is 11.6 Å². The van der Waals surface area contributed by atoms with Gasteiger partial charge >= 0.3 is 5.97 Å². The SMILES string of the molecule is Cc1ccc(-c2nc3ccc(C(=O)OCC(=O)Nc4ccc(Cl)cn4)cc3[nH]2)cc1. The quantitative estimate of drug-likeness (QED) is 0.467. The van der Waals surface area contributed by atoms with Crippen molar-refractivity contribution < 1.29 is 14.3 Å². The highest BCUT2D eigenvalue weighted by atomic mass is 35.5. The maximum Gasteiger partial charge on any atom is 0.338 e. The Morgan fingerprint density at radius 1 is 1.10 bits per heavy atom. The highest BCUT2D eigenvalue weighted by Crippen LogP contribution is 2.22. The molecule has 0 unspecified atom stereocenters. The molecule has 4 aromatic rings. The minimum absolute atomic E-state index is 0.319. The Labute approximate surface area is 177 Å². The minimum Gasteiger partial charge on any atom is -0.452 e. The van der Waals surface area contributed by atoms with Gasteiger partial charge in [0.15, 0.2) is 6.61 Å². The zero-order valence-electron chi connectivity index (χ0n) is 16.0. The highest BCUT2D eigenvalue weighted by molar-refractivity contribution is 6.30. The number of esters is 1. The van der Waals surface area contributed by atoms with Crippen molar-refractivity contribution in [2.24, 2.45) is 0 Å². The number of carbonyl (C=O) groups is 2. The lowest BCUT2D eigenvalue weighted by molar-refractivity contribution is -0.119. The van der Waals surface area contributed by atoms with Gasteiger partial charge in [-0.1, -0.05) is 41.4 Å². The van der Waals surface area contributed by atoms with E-state index in [1.807, 2.05) is 31.2 Å². The first-order valence-corrected chi connectivity index (χ1v) is 9.51. The first kappa shape index (κ1) is 19.6. The first-order valence-electron chi connectivity index (χ1n) is 9.13. The number of ether oxygens (including phenoxy) is 1. The lowest BCUT2D eigenvalue weighted by atomic mass is 10.1. The summed E-state index contributed by atoms with van der Waals surface area (Å²) in [7, 11) is 0. The van der Waals surface area contributed by atoms with Crippen molar-refractivity contribution in [3.8, 4) is 11.4 Å². The van der Waals surface area contributed by atoms with Crippen LogP contribution in [-0.2, 0) is 9.53 Å². The van der Waals surface area contributed by atoms with E-state index in [-0.39, 0.29) is 0 Å². The van der Waals surface area contributed by atoms with Crippen molar-refractivity contribution in [3.63, 3.8) is 0 Å². The van der Waals surface area contributed by atoms with Crippen LogP contribution in [0.2, 0.25) is 5.02 Å². The number of nitrogens with one attached hydrogen (secondary N) is 2. The Balaban J connectivity index is 1.42. The second-order valence-electron chi connectivity index (χ2n) is 6.67. The van der Waals surface area contributed by atoms with Crippen molar-refractivity contribution in [2.75, 3.05) is 11.9 Å². The van der Waals surface area contributed by atoms with E-state index in [1.165, 1.54) is 6.20 Å². The third-order valence-corrected chi connectivity index (χ3v) is 4.60. The maximum absolute atomic E-state index is 12.3. The van der Waals surface area contributed by atoms with Crippen molar-refractivity contribution >= 4 is 40.3 Å². The number of pyridine rings is 1. The van der Waals surface area contributed by atoms with E-state index < -0.39 is 18.5 Å². The van der Waals surface area contributed by atoms with E-state index >= 15 is 0 Å². The second-order valence-corrected chi connectivity index (χ2v) is 7.11. The zero-order chi connectivity index (χ0) is 21.1. The number of nitrogens with zero attached hydrogens (tertiary/aromatic N) is 2. The molecule has 4 rings (SSSR count). The van der Waals surface area contributed by atoms with E-state index in [9.17, 15) is 9.59 Å². The molecule has 0 fully saturated rings. The lowest BCUT2D eigenvalue weighted by Gasteiger charge is -2.06. The molecule has 2 heterocycles. The van der Waals surface area contributed by atoms with Gasteiger partial charge in [-0.25, -0.2) is 14.8 Å². The van der Waals surface area contributed by atoms with Gasteiger partial charge in [-0.3, -0.25) is 4.79 Å². The number of carbonyl (C=O) groups excluding carboxylic acids is 2. The number of aromatic amines is 1. The number of halogens is 1. The predicted molar refractivity (Wildman–Crippen MR) is 114 cm³/mol. The smallest absolute Gasteiger partial charge is 0.338 e. The molecule has 1 amide bonds. The van der Waals surface area contributed by atoms with Crippen LogP contribution in [-0.4, -0.2) is 33.4 Å². The number of hydrogen-bond donors (Lipinski definition) is 2. The summed E-state index contributed by atoms with van der Waals surface area (Å²) in [6.45, 7) is 1.59. The fourth-order valence-electron chi connectivity index (χ4n) is 2.83. The summed E-state index contributed by atoms with van der Waals surface area (Å²) >= 11 is 5.75. The van der Waals surface area contributed by atoms with Crippen molar-refractivity contribution in [2.45, 2.75) is 6.92 Å².